The molecule has 0 unspecified atom stereocenters. The van der Waals surface area contributed by atoms with Crippen molar-refractivity contribution in [3.8, 4) is 5.75 Å². The molecule has 178 valence electrons. The first-order valence-corrected chi connectivity index (χ1v) is 12.7. The molecule has 0 atom stereocenters. The van der Waals surface area contributed by atoms with Crippen LogP contribution in [0.3, 0.4) is 0 Å². The number of rotatable bonds is 8. The number of benzene rings is 3. The van der Waals surface area contributed by atoms with Crippen molar-refractivity contribution in [3.63, 3.8) is 0 Å². The van der Waals surface area contributed by atoms with Crippen LogP contribution in [-0.2, 0) is 13.2 Å². The lowest BCUT2D eigenvalue weighted by atomic mass is 10.2. The van der Waals surface area contributed by atoms with Crippen LogP contribution in [0.5, 0.6) is 5.75 Å². The van der Waals surface area contributed by atoms with Crippen LogP contribution in [0.4, 0.5) is 0 Å². The number of carbonyl (C=O) groups is 1. The summed E-state index contributed by atoms with van der Waals surface area (Å²) in [5, 5.41) is 9.46. The van der Waals surface area contributed by atoms with E-state index in [0.717, 1.165) is 25.6 Å². The van der Waals surface area contributed by atoms with Gasteiger partial charge >= 0.3 is 0 Å². The van der Waals surface area contributed by atoms with Gasteiger partial charge in [0.05, 0.1) is 12.8 Å². The Hall–Kier alpha value is -2.65. The molecule has 0 radical (unpaired) electrons. The average molecular weight is 637 g/mol. The van der Waals surface area contributed by atoms with Gasteiger partial charge in [-0.1, -0.05) is 73.3 Å². The number of amides is 1. The average Bonchev–Trinajstić information content (AvgIpc) is 3.30. The Morgan fingerprint density at radius 1 is 1.09 bits per heavy atom. The molecule has 1 aromatic heterocycles. The molecule has 0 saturated carbocycles. The van der Waals surface area contributed by atoms with Crippen LogP contribution in [0.15, 0.2) is 87.0 Å². The van der Waals surface area contributed by atoms with E-state index in [4.69, 9.17) is 27.9 Å². The monoisotopic (exact) mass is 634 g/mol. The largest absolute Gasteiger partial charge is 0.489 e. The van der Waals surface area contributed by atoms with E-state index in [1.807, 2.05) is 48.5 Å². The molecule has 35 heavy (non-hydrogen) atoms. The van der Waals surface area contributed by atoms with Crippen molar-refractivity contribution in [2.24, 2.45) is 5.10 Å². The molecule has 4 rings (SSSR count). The summed E-state index contributed by atoms with van der Waals surface area (Å²) in [4.78, 5) is 12.5. The van der Waals surface area contributed by atoms with Crippen molar-refractivity contribution in [1.82, 2.24) is 15.2 Å². The first kappa shape index (κ1) is 25.4. The Balaban J connectivity index is 1.35. The number of carbonyl (C=O) groups excluding carboxylic acids is 1. The fourth-order valence-corrected chi connectivity index (χ4v) is 4.38. The zero-order valence-corrected chi connectivity index (χ0v) is 22.8. The predicted molar refractivity (Wildman–Crippen MR) is 145 cm³/mol. The summed E-state index contributed by atoms with van der Waals surface area (Å²) in [6.45, 7) is 0.838. The molecule has 1 amide bonds. The van der Waals surface area contributed by atoms with Crippen LogP contribution in [-0.4, -0.2) is 21.9 Å². The van der Waals surface area contributed by atoms with Gasteiger partial charge < -0.3 is 4.74 Å². The van der Waals surface area contributed by atoms with E-state index >= 15 is 0 Å². The van der Waals surface area contributed by atoms with Crippen molar-refractivity contribution in [2.45, 2.75) is 13.2 Å². The van der Waals surface area contributed by atoms with Gasteiger partial charge in [0.1, 0.15) is 12.4 Å². The third-order valence-corrected chi connectivity index (χ3v) is 6.65. The van der Waals surface area contributed by atoms with E-state index in [1.165, 1.54) is 0 Å². The summed E-state index contributed by atoms with van der Waals surface area (Å²) in [6.07, 6.45) is 3.24. The maximum absolute atomic E-state index is 12.5. The third-order valence-electron chi connectivity index (χ3n) is 4.85. The van der Waals surface area contributed by atoms with Crippen molar-refractivity contribution in [2.75, 3.05) is 0 Å². The fraction of sp³-hybridized carbons (Fsp3) is 0.0800. The zero-order valence-electron chi connectivity index (χ0n) is 18.1. The summed E-state index contributed by atoms with van der Waals surface area (Å²) < 4.78 is 9.32. The Labute approximate surface area is 229 Å². The number of nitrogens with zero attached hydrogens (tertiary/aromatic N) is 3. The lowest BCUT2D eigenvalue weighted by Crippen LogP contribution is -2.18. The summed E-state index contributed by atoms with van der Waals surface area (Å²) >= 11 is 19.1. The molecule has 3 aromatic carbocycles. The minimum Gasteiger partial charge on any atom is -0.489 e. The van der Waals surface area contributed by atoms with Crippen molar-refractivity contribution in [1.29, 1.82) is 0 Å². The minimum absolute atomic E-state index is 0.234. The van der Waals surface area contributed by atoms with Gasteiger partial charge in [-0.15, -0.1) is 0 Å². The van der Waals surface area contributed by atoms with Crippen LogP contribution in [0.2, 0.25) is 10.0 Å². The smallest absolute Gasteiger partial charge is 0.291 e. The summed E-state index contributed by atoms with van der Waals surface area (Å²) in [5.41, 5.74) is 5.37. The molecule has 1 heterocycles. The second kappa shape index (κ2) is 11.9. The minimum atomic E-state index is -0.430. The van der Waals surface area contributed by atoms with E-state index in [0.29, 0.717) is 28.9 Å². The first-order chi connectivity index (χ1) is 16.9. The molecule has 4 aromatic rings. The van der Waals surface area contributed by atoms with Crippen LogP contribution in [0.1, 0.15) is 27.2 Å². The molecule has 1 N–H and O–H groups in total. The number of hydrogen-bond donors (Lipinski definition) is 1. The SMILES string of the molecule is O=C(N/N=C/c1cc(OCc2cccc(Br)c2)ccc1Br)c1ccn(Cc2ccc(Cl)cc2Cl)n1. The maximum atomic E-state index is 12.5. The zero-order chi connectivity index (χ0) is 24.8. The number of aromatic nitrogens is 2. The first-order valence-electron chi connectivity index (χ1n) is 10.3. The van der Waals surface area contributed by atoms with Crippen LogP contribution < -0.4 is 10.2 Å². The highest BCUT2D eigenvalue weighted by atomic mass is 79.9. The third kappa shape index (κ3) is 7.18. The molecule has 0 aliphatic carbocycles. The van der Waals surface area contributed by atoms with Gasteiger partial charge in [0, 0.05) is 30.8 Å². The molecule has 6 nitrogen and oxygen atoms in total. The van der Waals surface area contributed by atoms with Crippen LogP contribution in [0, 0.1) is 0 Å². The van der Waals surface area contributed by atoms with Gasteiger partial charge in [0.2, 0.25) is 0 Å². The van der Waals surface area contributed by atoms with Gasteiger partial charge in [-0.2, -0.15) is 10.2 Å². The van der Waals surface area contributed by atoms with E-state index in [1.54, 1.807) is 35.3 Å². The van der Waals surface area contributed by atoms with Gasteiger partial charge in [-0.05, 0) is 59.7 Å². The molecule has 10 heteroatoms. The lowest BCUT2D eigenvalue weighted by molar-refractivity contribution is 0.0949. The molecule has 0 saturated heterocycles. The van der Waals surface area contributed by atoms with E-state index < -0.39 is 5.91 Å². The summed E-state index contributed by atoms with van der Waals surface area (Å²) in [5.74, 6) is 0.251. The van der Waals surface area contributed by atoms with E-state index in [2.05, 4.69) is 47.5 Å². The quantitative estimate of drug-likeness (QED) is 0.166. The van der Waals surface area contributed by atoms with Gasteiger partial charge in [0.15, 0.2) is 5.69 Å². The number of ether oxygens (including phenoxy) is 1. The highest BCUT2D eigenvalue weighted by Gasteiger charge is 2.10. The normalized spacial score (nSPS) is 11.1. The highest BCUT2D eigenvalue weighted by Crippen LogP contribution is 2.23. The fourth-order valence-electron chi connectivity index (χ4n) is 3.12. The summed E-state index contributed by atoms with van der Waals surface area (Å²) in [6, 6.07) is 20.3. The number of hydrazone groups is 1. The van der Waals surface area contributed by atoms with Gasteiger partial charge in [-0.25, -0.2) is 5.43 Å². The Morgan fingerprint density at radius 2 is 1.94 bits per heavy atom. The second-order valence-corrected chi connectivity index (χ2v) is 10.0. The standard InChI is InChI=1S/C25H18Br2Cl2N4O2/c26-19-3-1-2-16(10-19)15-35-21-6-7-22(27)18(11-21)13-30-31-25(34)24-8-9-33(32-24)14-17-4-5-20(28)12-23(17)29/h1-13H,14-15H2,(H,31,34)/b30-13+. The van der Waals surface area contributed by atoms with Gasteiger partial charge in [-0.3, -0.25) is 9.48 Å². The maximum Gasteiger partial charge on any atom is 0.291 e. The predicted octanol–water partition coefficient (Wildman–Crippen LogP) is 7.11. The molecule has 0 fully saturated rings. The molecular weight excluding hydrogens is 619 g/mol. The molecular formula is C25H18Br2Cl2N4O2. The highest BCUT2D eigenvalue weighted by molar-refractivity contribution is 9.10. The Kier molecular flexibility index (Phi) is 8.62. The van der Waals surface area contributed by atoms with Crippen LogP contribution >= 0.6 is 55.1 Å². The number of nitrogens with one attached hydrogen (secondary N) is 1. The van der Waals surface area contributed by atoms with Crippen molar-refractivity contribution in [3.05, 3.63) is 114 Å². The number of hydrogen-bond acceptors (Lipinski definition) is 4. The van der Waals surface area contributed by atoms with Gasteiger partial charge in [0.25, 0.3) is 5.91 Å². The Morgan fingerprint density at radius 3 is 2.74 bits per heavy atom. The summed E-state index contributed by atoms with van der Waals surface area (Å²) in [7, 11) is 0. The van der Waals surface area contributed by atoms with Crippen LogP contribution in [0.25, 0.3) is 0 Å². The van der Waals surface area contributed by atoms with Crippen molar-refractivity contribution >= 4 is 67.2 Å². The Bertz CT molecular complexity index is 1390. The molecule has 0 aliphatic rings. The second-order valence-electron chi connectivity index (χ2n) is 7.44. The lowest BCUT2D eigenvalue weighted by Gasteiger charge is -2.08. The molecule has 0 bridgehead atoms. The van der Waals surface area contributed by atoms with E-state index in [9.17, 15) is 4.79 Å². The van der Waals surface area contributed by atoms with E-state index in [-0.39, 0.29) is 5.69 Å². The molecule has 0 spiro atoms. The molecule has 0 aliphatic heterocycles. The topological polar surface area (TPSA) is 68.5 Å². The van der Waals surface area contributed by atoms with Crippen molar-refractivity contribution < 1.29 is 9.53 Å². The number of halogens is 4.